The number of aromatic nitrogens is 1. The molecule has 0 spiro atoms. The molecule has 16 heteroatoms. The maximum absolute atomic E-state index is 12.7. The second-order valence-corrected chi connectivity index (χ2v) is 10.8. The van der Waals surface area contributed by atoms with Gasteiger partial charge in [0.1, 0.15) is 26.6 Å². The number of carbonyl (C=O) groups is 3. The highest BCUT2D eigenvalue weighted by atomic mass is 79.9. The van der Waals surface area contributed by atoms with Crippen LogP contribution >= 0.6 is 50.8 Å². The Bertz CT molecular complexity index is 1040. The molecule has 3 atom stereocenters. The highest BCUT2D eigenvalue weighted by Crippen LogP contribution is 2.43. The minimum absolute atomic E-state index is 0.0186. The number of carboxylic acids is 1. The zero-order valence-corrected chi connectivity index (χ0v) is 20.0. The van der Waals surface area contributed by atoms with E-state index in [4.69, 9.17) is 16.6 Å². The Hall–Kier alpha value is -2.11. The Kier molecular flexibility index (Phi) is 7.84. The van der Waals surface area contributed by atoms with Gasteiger partial charge in [-0.05, 0) is 21.3 Å². The average Bonchev–Trinajstić information content (AvgIpc) is 3.09. The van der Waals surface area contributed by atoms with Gasteiger partial charge in [-0.15, -0.1) is 11.8 Å². The molecule has 3 heterocycles. The van der Waals surface area contributed by atoms with Crippen LogP contribution < -0.4 is 16.8 Å². The molecule has 0 aromatic carbocycles. The Morgan fingerprint density at radius 1 is 1.50 bits per heavy atom. The second-order valence-electron chi connectivity index (χ2n) is 6.35. The molecule has 8 N–H and O–H groups in total. The zero-order chi connectivity index (χ0) is 23.6. The minimum Gasteiger partial charge on any atom is -0.477 e. The van der Waals surface area contributed by atoms with E-state index in [0.717, 1.165) is 28.0 Å². The number of anilines is 1. The third kappa shape index (κ3) is 4.79. The van der Waals surface area contributed by atoms with Gasteiger partial charge in [0.2, 0.25) is 0 Å². The largest absolute Gasteiger partial charge is 0.477 e. The van der Waals surface area contributed by atoms with Crippen LogP contribution in [0.1, 0.15) is 5.69 Å². The summed E-state index contributed by atoms with van der Waals surface area (Å²) < 4.78 is 0.373. The highest BCUT2D eigenvalue weighted by Gasteiger charge is 2.54. The van der Waals surface area contributed by atoms with E-state index >= 15 is 0 Å². The van der Waals surface area contributed by atoms with Gasteiger partial charge in [-0.2, -0.15) is 0 Å². The number of aliphatic carboxylic acids is 1. The van der Waals surface area contributed by atoms with E-state index < -0.39 is 41.0 Å². The summed E-state index contributed by atoms with van der Waals surface area (Å²) in [6, 6.07) is -1.60. The normalized spacial score (nSPS) is 22.0. The molecule has 0 radical (unpaired) electrons. The number of aliphatic hydroxyl groups excluding tert-OH is 1. The molecular weight excluding hydrogens is 548 g/mol. The van der Waals surface area contributed by atoms with Gasteiger partial charge in [-0.1, -0.05) is 34.3 Å². The zero-order valence-electron chi connectivity index (χ0n) is 16.0. The van der Waals surface area contributed by atoms with Crippen LogP contribution in [-0.4, -0.2) is 78.6 Å². The molecule has 0 bridgehead atoms. The first-order valence-corrected chi connectivity index (χ1v) is 12.3. The first-order chi connectivity index (χ1) is 15.2. The number of nitrogens with two attached hydrogens (primary N) is 2. The summed E-state index contributed by atoms with van der Waals surface area (Å²) >= 11 is 6.58. The van der Waals surface area contributed by atoms with E-state index in [1.165, 1.54) is 17.8 Å². The van der Waals surface area contributed by atoms with Crippen LogP contribution in [0.4, 0.5) is 5.13 Å². The SMILES string of the molecule is Nc1nc(/C(=N/O)C(=O)NC2C(=O)N3C(C(=O)O)=C(S/C=C\[C@@H](N)CO)CS[C@H]23)c(Br)s1. The van der Waals surface area contributed by atoms with Crippen LogP contribution in [0, 0.1) is 0 Å². The Morgan fingerprint density at radius 2 is 2.22 bits per heavy atom. The molecule has 32 heavy (non-hydrogen) atoms. The summed E-state index contributed by atoms with van der Waals surface area (Å²) in [5.41, 5.74) is 10.6. The van der Waals surface area contributed by atoms with Crippen molar-refractivity contribution >= 4 is 79.4 Å². The lowest BCUT2D eigenvalue weighted by Crippen LogP contribution is -2.71. The number of oxime groups is 1. The number of thioether (sulfide) groups is 2. The lowest BCUT2D eigenvalue weighted by Gasteiger charge is -2.49. The fourth-order valence-corrected chi connectivity index (χ4v) is 6.58. The Balaban J connectivity index is 1.76. The number of aliphatic hydroxyl groups is 1. The molecule has 172 valence electrons. The van der Waals surface area contributed by atoms with Gasteiger partial charge in [0.05, 0.1) is 6.61 Å². The summed E-state index contributed by atoms with van der Waals surface area (Å²) in [6.07, 6.45) is 1.52. The number of hydrogen-bond acceptors (Lipinski definition) is 12. The Morgan fingerprint density at radius 3 is 2.78 bits per heavy atom. The third-order valence-electron chi connectivity index (χ3n) is 4.31. The monoisotopic (exact) mass is 564 g/mol. The van der Waals surface area contributed by atoms with Crippen molar-refractivity contribution < 1.29 is 29.8 Å². The summed E-state index contributed by atoms with van der Waals surface area (Å²) in [5, 5.41) is 34.4. The van der Waals surface area contributed by atoms with Gasteiger partial charge in [0.25, 0.3) is 11.8 Å². The van der Waals surface area contributed by atoms with Crippen LogP contribution in [0.25, 0.3) is 0 Å². The fraction of sp³-hybridized carbons (Fsp3) is 0.312. The Labute approximate surface area is 201 Å². The first kappa shape index (κ1) is 24.5. The molecule has 2 aliphatic heterocycles. The van der Waals surface area contributed by atoms with Crippen molar-refractivity contribution in [3.05, 3.63) is 31.6 Å². The van der Waals surface area contributed by atoms with Gasteiger partial charge in [-0.25, -0.2) is 9.78 Å². The van der Waals surface area contributed by atoms with Crippen molar-refractivity contribution in [1.82, 2.24) is 15.2 Å². The average molecular weight is 565 g/mol. The van der Waals surface area contributed by atoms with E-state index in [-0.39, 0.29) is 28.9 Å². The third-order valence-corrected chi connectivity index (χ3v) is 8.22. The number of amides is 2. The maximum atomic E-state index is 12.7. The van der Waals surface area contributed by atoms with Gasteiger partial charge in [0.15, 0.2) is 10.8 Å². The summed E-state index contributed by atoms with van der Waals surface area (Å²) in [4.78, 5) is 42.6. The molecule has 1 aromatic rings. The number of rotatable bonds is 8. The van der Waals surface area contributed by atoms with E-state index in [2.05, 4.69) is 31.4 Å². The smallest absolute Gasteiger partial charge is 0.353 e. The van der Waals surface area contributed by atoms with Crippen LogP contribution in [0.3, 0.4) is 0 Å². The lowest BCUT2D eigenvalue weighted by atomic mass is 10.0. The molecule has 2 amide bonds. The number of halogens is 1. The molecular formula is C16H17BrN6O6S3. The molecule has 1 aromatic heterocycles. The summed E-state index contributed by atoms with van der Waals surface area (Å²) in [6.45, 7) is -0.256. The van der Waals surface area contributed by atoms with Crippen molar-refractivity contribution in [2.45, 2.75) is 17.5 Å². The van der Waals surface area contributed by atoms with Crippen LogP contribution in [0.5, 0.6) is 0 Å². The minimum atomic E-state index is -1.28. The van der Waals surface area contributed by atoms with Crippen LogP contribution in [0.15, 0.2) is 31.0 Å². The predicted molar refractivity (Wildman–Crippen MR) is 124 cm³/mol. The number of fused-ring (bicyclic) bond motifs is 1. The molecule has 1 unspecified atom stereocenters. The molecule has 3 rings (SSSR count). The van der Waals surface area contributed by atoms with Crippen molar-refractivity contribution in [2.24, 2.45) is 10.9 Å². The van der Waals surface area contributed by atoms with Crippen LogP contribution in [-0.2, 0) is 14.4 Å². The number of carbonyl (C=O) groups excluding carboxylic acids is 2. The van der Waals surface area contributed by atoms with Gasteiger partial charge >= 0.3 is 5.97 Å². The van der Waals surface area contributed by atoms with E-state index in [1.807, 2.05) is 0 Å². The number of carboxylic acid groups (broad SMARTS) is 1. The topological polar surface area (TPSA) is 204 Å². The number of nitrogens with zero attached hydrogens (tertiary/aromatic N) is 3. The van der Waals surface area contributed by atoms with E-state index in [9.17, 15) is 24.7 Å². The molecule has 1 fully saturated rings. The van der Waals surface area contributed by atoms with Crippen molar-refractivity contribution in [1.29, 1.82) is 0 Å². The number of thiazole rings is 1. The van der Waals surface area contributed by atoms with Gasteiger partial charge in [-0.3, -0.25) is 14.5 Å². The molecule has 0 saturated carbocycles. The summed E-state index contributed by atoms with van der Waals surface area (Å²) in [7, 11) is 0. The van der Waals surface area contributed by atoms with Gasteiger partial charge in [0, 0.05) is 16.7 Å². The number of hydrogen-bond donors (Lipinski definition) is 6. The van der Waals surface area contributed by atoms with Crippen molar-refractivity contribution in [2.75, 3.05) is 18.1 Å². The number of nitrogens with one attached hydrogen (secondary N) is 1. The standard InChI is InChI=1S/C16H17BrN6O6S3/c17-11-7(21-16(19)32-11)8(22-29)12(25)20-9-13(26)23-10(15(27)28)6(4-31-14(9)23)30-2-1-5(18)3-24/h1-2,5,9,14,24,29H,3-4,18H2,(H2,19,21)(H,20,25)(H,27,28)/b2-1-,22-8-/t5-,9?,14-/m1/s1. The molecule has 2 aliphatic rings. The van der Waals surface area contributed by atoms with Crippen molar-refractivity contribution in [3.63, 3.8) is 0 Å². The van der Waals surface area contributed by atoms with E-state index in [0.29, 0.717) is 8.69 Å². The van der Waals surface area contributed by atoms with E-state index in [1.54, 1.807) is 5.41 Å². The summed E-state index contributed by atoms with van der Waals surface area (Å²) in [5.74, 6) is -2.48. The first-order valence-electron chi connectivity index (χ1n) is 8.75. The molecule has 0 aliphatic carbocycles. The fourth-order valence-electron chi connectivity index (χ4n) is 2.84. The number of nitrogen functional groups attached to an aromatic ring is 1. The molecule has 12 nitrogen and oxygen atoms in total. The van der Waals surface area contributed by atoms with Crippen molar-refractivity contribution in [3.8, 4) is 0 Å². The predicted octanol–water partition coefficient (Wildman–Crippen LogP) is -0.0713. The maximum Gasteiger partial charge on any atom is 0.353 e. The van der Waals surface area contributed by atoms with Crippen LogP contribution in [0.2, 0.25) is 0 Å². The quantitative estimate of drug-likeness (QED) is 0.107. The lowest BCUT2D eigenvalue weighted by molar-refractivity contribution is -0.150. The highest BCUT2D eigenvalue weighted by molar-refractivity contribution is 9.11. The number of β-lactam (4-membered cyclic amide) rings is 1. The molecule has 1 saturated heterocycles. The second kappa shape index (κ2) is 10.2. The van der Waals surface area contributed by atoms with Gasteiger partial charge < -0.3 is 32.2 Å².